The summed E-state index contributed by atoms with van der Waals surface area (Å²) >= 11 is 0.959. The van der Waals surface area contributed by atoms with E-state index in [9.17, 15) is 18.7 Å². The fourth-order valence-corrected chi connectivity index (χ4v) is 2.73. The lowest BCUT2D eigenvalue weighted by molar-refractivity contribution is 0.183. The molecule has 0 spiro atoms. The van der Waals surface area contributed by atoms with Crippen molar-refractivity contribution >= 4 is 34.3 Å². The van der Waals surface area contributed by atoms with Gasteiger partial charge in [-0.15, -0.1) is 11.8 Å². The van der Waals surface area contributed by atoms with Crippen molar-refractivity contribution < 1.29 is 28.2 Å². The Morgan fingerprint density at radius 1 is 1.24 bits per heavy atom. The molecule has 1 N–H and O–H groups in total. The van der Waals surface area contributed by atoms with Crippen molar-refractivity contribution in [1.82, 2.24) is 0 Å². The summed E-state index contributed by atoms with van der Waals surface area (Å²) in [6, 6.07) is 7.53. The number of hydrogen-bond acceptors (Lipinski definition) is 7. The van der Waals surface area contributed by atoms with Crippen molar-refractivity contribution in [2.75, 3.05) is 20.5 Å². The van der Waals surface area contributed by atoms with Gasteiger partial charge < -0.3 is 14.6 Å². The summed E-state index contributed by atoms with van der Waals surface area (Å²) in [5, 5.41) is 18.7. The van der Waals surface area contributed by atoms with E-state index in [1.165, 1.54) is 25.3 Å². The van der Waals surface area contributed by atoms with Crippen LogP contribution >= 0.6 is 11.8 Å². The monoisotopic (exact) mass is 419 g/mol. The van der Waals surface area contributed by atoms with Crippen molar-refractivity contribution in [3.8, 4) is 17.6 Å². The fraction of sp³-hybridized carbons (Fsp3) is 0.158. The van der Waals surface area contributed by atoms with Gasteiger partial charge in [-0.1, -0.05) is 0 Å². The Morgan fingerprint density at radius 2 is 1.97 bits per heavy atom. The number of aromatic hydroxyl groups is 1. The number of nitrogens with zero attached hydrogens (tertiary/aromatic N) is 3. The molecule has 2 aromatic rings. The maximum atomic E-state index is 14.7. The van der Waals surface area contributed by atoms with Crippen molar-refractivity contribution in [2.45, 2.75) is 0 Å². The summed E-state index contributed by atoms with van der Waals surface area (Å²) in [7, 11) is 2.44. The fourth-order valence-electron chi connectivity index (χ4n) is 2.21. The second-order valence-corrected chi connectivity index (χ2v) is 6.13. The molecule has 0 aliphatic rings. The number of nitriles is 1. The van der Waals surface area contributed by atoms with E-state index >= 15 is 0 Å². The summed E-state index contributed by atoms with van der Waals surface area (Å²) < 4.78 is 38.2. The van der Waals surface area contributed by atoms with Crippen LogP contribution in [0.1, 0.15) is 11.1 Å². The molecule has 2 aromatic carbocycles. The number of hydrogen-bond donors (Lipinski definition) is 1. The molecule has 0 aromatic heterocycles. The minimum absolute atomic E-state index is 0.0322. The SMILES string of the molecule is COC(=O)N=C(SC)C(=Nc1ccc(C#N)c(F)c1)c1cc(OC)cc(O)c1F. The highest BCUT2D eigenvalue weighted by Crippen LogP contribution is 2.29. The zero-order valence-electron chi connectivity index (χ0n) is 15.6. The smallest absolute Gasteiger partial charge is 0.434 e. The molecular weight excluding hydrogens is 404 g/mol. The van der Waals surface area contributed by atoms with E-state index < -0.39 is 23.5 Å². The quantitative estimate of drug-likeness (QED) is 0.588. The Labute approximate surface area is 169 Å². The van der Waals surface area contributed by atoms with Crippen molar-refractivity contribution in [3.63, 3.8) is 0 Å². The van der Waals surface area contributed by atoms with Gasteiger partial charge in [-0.05, 0) is 24.5 Å². The second kappa shape index (κ2) is 9.66. The maximum absolute atomic E-state index is 14.7. The third-order valence-corrected chi connectivity index (χ3v) is 4.27. The van der Waals surface area contributed by atoms with Crippen LogP contribution in [0, 0.1) is 23.0 Å². The first kappa shape index (κ1) is 21.8. The number of rotatable bonds is 4. The third-order valence-electron chi connectivity index (χ3n) is 3.60. The van der Waals surface area contributed by atoms with Gasteiger partial charge in [0, 0.05) is 17.7 Å². The lowest BCUT2D eigenvalue weighted by Gasteiger charge is -2.12. The number of aliphatic imine (C=N–C) groups is 2. The third kappa shape index (κ3) is 5.08. The highest BCUT2D eigenvalue weighted by atomic mass is 32.2. The molecule has 7 nitrogen and oxygen atoms in total. The molecule has 0 atom stereocenters. The molecule has 0 unspecified atom stereocenters. The van der Waals surface area contributed by atoms with Crippen LogP contribution in [0.3, 0.4) is 0 Å². The van der Waals surface area contributed by atoms with Gasteiger partial charge in [0.05, 0.1) is 25.5 Å². The van der Waals surface area contributed by atoms with Crippen molar-refractivity contribution in [3.05, 3.63) is 53.1 Å². The Kier molecular flexibility index (Phi) is 7.27. The number of ether oxygens (including phenoxy) is 2. The molecule has 2 rings (SSSR count). The number of carbonyl (C=O) groups excluding carboxylic acids is 1. The number of phenolic OH excluding ortho intramolecular Hbond substituents is 1. The minimum Gasteiger partial charge on any atom is -0.505 e. The molecule has 0 saturated carbocycles. The normalized spacial score (nSPS) is 11.7. The van der Waals surface area contributed by atoms with E-state index in [2.05, 4.69) is 14.7 Å². The number of methoxy groups -OCH3 is 2. The number of phenols is 1. The molecule has 0 aliphatic heterocycles. The molecule has 0 saturated heterocycles. The van der Waals surface area contributed by atoms with Gasteiger partial charge in [-0.25, -0.2) is 18.6 Å². The average molecular weight is 419 g/mol. The highest BCUT2D eigenvalue weighted by Gasteiger charge is 2.21. The van der Waals surface area contributed by atoms with Gasteiger partial charge in [0.2, 0.25) is 0 Å². The number of halogens is 2. The van der Waals surface area contributed by atoms with E-state index in [0.29, 0.717) is 0 Å². The van der Waals surface area contributed by atoms with Gasteiger partial charge in [-0.2, -0.15) is 10.3 Å². The number of thioether (sulfide) groups is 1. The maximum Gasteiger partial charge on any atom is 0.434 e. The van der Waals surface area contributed by atoms with Crippen LogP contribution in [0.15, 0.2) is 40.3 Å². The van der Waals surface area contributed by atoms with Crippen molar-refractivity contribution in [2.24, 2.45) is 9.98 Å². The van der Waals surface area contributed by atoms with Gasteiger partial charge in [0.15, 0.2) is 11.6 Å². The Hall–Kier alpha value is -3.45. The van der Waals surface area contributed by atoms with Gasteiger partial charge in [-0.3, -0.25) is 0 Å². The zero-order chi connectivity index (χ0) is 21.6. The molecule has 0 heterocycles. The Morgan fingerprint density at radius 3 is 2.52 bits per heavy atom. The lowest BCUT2D eigenvalue weighted by atomic mass is 10.1. The van der Waals surface area contributed by atoms with E-state index in [4.69, 9.17) is 10.00 Å². The van der Waals surface area contributed by atoms with Crippen LogP contribution in [0.5, 0.6) is 11.5 Å². The number of benzene rings is 2. The van der Waals surface area contributed by atoms with Crippen LogP contribution in [0.4, 0.5) is 19.3 Å². The topological polar surface area (TPSA) is 104 Å². The molecule has 29 heavy (non-hydrogen) atoms. The Bertz CT molecular complexity index is 1050. The minimum atomic E-state index is -1.04. The molecule has 10 heteroatoms. The number of amides is 1. The first-order valence-electron chi connectivity index (χ1n) is 7.90. The van der Waals surface area contributed by atoms with Crippen LogP contribution in [-0.4, -0.2) is 42.4 Å². The molecule has 150 valence electrons. The molecular formula is C19H15F2N3O4S. The summed E-state index contributed by atoms with van der Waals surface area (Å²) in [5.74, 6) is -2.45. The summed E-state index contributed by atoms with van der Waals surface area (Å²) in [4.78, 5) is 19.6. The predicted octanol–water partition coefficient (Wildman–Crippen LogP) is 4.20. The van der Waals surface area contributed by atoms with Crippen LogP contribution in [0.25, 0.3) is 0 Å². The standard InChI is InChI=1S/C19H15F2N3O4S/c1-27-12-7-13(16(21)15(25)8-12)17(18(29-3)24-19(26)28-2)23-11-5-4-10(9-22)14(20)6-11/h4-8,25H,1-3H3. The summed E-state index contributed by atoms with van der Waals surface area (Å²) in [6.07, 6.45) is 0.606. The molecule has 0 bridgehead atoms. The van der Waals surface area contributed by atoms with Crippen LogP contribution in [-0.2, 0) is 4.74 Å². The lowest BCUT2D eigenvalue weighted by Crippen LogP contribution is -2.16. The highest BCUT2D eigenvalue weighted by molar-refractivity contribution is 8.15. The largest absolute Gasteiger partial charge is 0.505 e. The second-order valence-electron chi connectivity index (χ2n) is 5.34. The van der Waals surface area contributed by atoms with Crippen LogP contribution < -0.4 is 4.74 Å². The van der Waals surface area contributed by atoms with E-state index in [-0.39, 0.29) is 33.3 Å². The van der Waals surface area contributed by atoms with Crippen LogP contribution in [0.2, 0.25) is 0 Å². The van der Waals surface area contributed by atoms with Gasteiger partial charge >= 0.3 is 6.09 Å². The number of carbonyl (C=O) groups is 1. The van der Waals surface area contributed by atoms with E-state index in [1.54, 1.807) is 12.3 Å². The molecule has 0 aliphatic carbocycles. The van der Waals surface area contributed by atoms with Gasteiger partial charge in [0.25, 0.3) is 0 Å². The first-order valence-corrected chi connectivity index (χ1v) is 9.13. The van der Waals surface area contributed by atoms with E-state index in [1.807, 2.05) is 0 Å². The van der Waals surface area contributed by atoms with Gasteiger partial charge in [0.1, 0.15) is 28.4 Å². The summed E-state index contributed by atoms with van der Waals surface area (Å²) in [6.45, 7) is 0. The molecule has 0 radical (unpaired) electrons. The zero-order valence-corrected chi connectivity index (χ0v) is 16.4. The molecule has 1 amide bonds. The Balaban J connectivity index is 2.78. The predicted molar refractivity (Wildman–Crippen MR) is 105 cm³/mol. The molecule has 0 fully saturated rings. The van der Waals surface area contributed by atoms with Crippen molar-refractivity contribution in [1.29, 1.82) is 5.26 Å². The summed E-state index contributed by atoms with van der Waals surface area (Å²) in [5.41, 5.74) is -0.559. The first-order chi connectivity index (χ1) is 13.8. The van der Waals surface area contributed by atoms with E-state index in [0.717, 1.165) is 31.0 Å². The average Bonchev–Trinajstić information content (AvgIpc) is 2.72.